The van der Waals surface area contributed by atoms with Gasteiger partial charge < -0.3 is 10.6 Å². The van der Waals surface area contributed by atoms with Crippen LogP contribution < -0.4 is 10.6 Å². The molecule has 20 heavy (non-hydrogen) atoms. The summed E-state index contributed by atoms with van der Waals surface area (Å²) >= 11 is 0. The number of rotatable bonds is 5. The zero-order valence-corrected chi connectivity index (χ0v) is 12.3. The molecule has 0 spiro atoms. The third kappa shape index (κ3) is 4.64. The van der Waals surface area contributed by atoms with E-state index in [0.717, 1.165) is 0 Å². The predicted octanol–water partition coefficient (Wildman–Crippen LogP) is 2.02. The van der Waals surface area contributed by atoms with Gasteiger partial charge in [-0.1, -0.05) is 13.8 Å². The number of carbonyl (C=O) groups is 2. The number of benzene rings is 1. The first-order valence-electron chi connectivity index (χ1n) is 6.66. The normalized spacial score (nSPS) is 12.1. The molecule has 0 radical (unpaired) electrons. The third-order valence-corrected chi connectivity index (χ3v) is 2.85. The number of aryl methyl sites for hydroxylation is 1. The van der Waals surface area contributed by atoms with E-state index < -0.39 is 6.04 Å². The molecule has 0 bridgehead atoms. The van der Waals surface area contributed by atoms with E-state index in [2.05, 4.69) is 10.6 Å². The average molecular weight is 280 g/mol. The monoisotopic (exact) mass is 280 g/mol. The molecule has 5 heteroatoms. The van der Waals surface area contributed by atoms with Crippen LogP contribution >= 0.6 is 0 Å². The van der Waals surface area contributed by atoms with E-state index in [1.54, 1.807) is 13.8 Å². The number of carbonyl (C=O) groups excluding carboxylic acids is 2. The summed E-state index contributed by atoms with van der Waals surface area (Å²) in [6.07, 6.45) is 0. The predicted molar refractivity (Wildman–Crippen MR) is 75.9 cm³/mol. The molecule has 1 unspecified atom stereocenters. The lowest BCUT2D eigenvalue weighted by molar-refractivity contribution is -0.122. The van der Waals surface area contributed by atoms with Gasteiger partial charge in [-0.15, -0.1) is 0 Å². The Balaban J connectivity index is 2.60. The Kier molecular flexibility index (Phi) is 5.67. The highest BCUT2D eigenvalue weighted by Crippen LogP contribution is 2.09. The molecule has 2 N–H and O–H groups in total. The molecule has 1 rings (SSSR count). The number of amides is 2. The molecule has 2 amide bonds. The number of hydrogen-bond acceptors (Lipinski definition) is 2. The van der Waals surface area contributed by atoms with Crippen LogP contribution in [0.1, 0.15) is 36.7 Å². The van der Waals surface area contributed by atoms with Gasteiger partial charge in [-0.2, -0.15) is 0 Å². The van der Waals surface area contributed by atoms with E-state index in [4.69, 9.17) is 0 Å². The Hall–Kier alpha value is -1.91. The maximum Gasteiger partial charge on any atom is 0.251 e. The molecule has 4 nitrogen and oxygen atoms in total. The first kappa shape index (κ1) is 16.1. The summed E-state index contributed by atoms with van der Waals surface area (Å²) in [6, 6.07) is 3.47. The zero-order valence-electron chi connectivity index (χ0n) is 12.3. The molecule has 0 aromatic heterocycles. The molecule has 0 aliphatic heterocycles. The van der Waals surface area contributed by atoms with Gasteiger partial charge in [-0.3, -0.25) is 9.59 Å². The van der Waals surface area contributed by atoms with E-state index in [1.165, 1.54) is 18.2 Å². The summed E-state index contributed by atoms with van der Waals surface area (Å²) in [6.45, 7) is 7.75. The second-order valence-corrected chi connectivity index (χ2v) is 5.30. The Bertz CT molecular complexity index is 501. The van der Waals surface area contributed by atoms with Crippen LogP contribution in [0.2, 0.25) is 0 Å². The van der Waals surface area contributed by atoms with E-state index >= 15 is 0 Å². The van der Waals surface area contributed by atoms with Crippen molar-refractivity contribution in [1.29, 1.82) is 0 Å². The Morgan fingerprint density at radius 1 is 1.25 bits per heavy atom. The smallest absolute Gasteiger partial charge is 0.251 e. The van der Waals surface area contributed by atoms with Crippen molar-refractivity contribution in [2.24, 2.45) is 5.92 Å². The lowest BCUT2D eigenvalue weighted by Gasteiger charge is -2.15. The van der Waals surface area contributed by atoms with Crippen molar-refractivity contribution in [2.75, 3.05) is 6.54 Å². The number of nitrogens with one attached hydrogen (secondary N) is 2. The maximum atomic E-state index is 13.1. The molecule has 0 aliphatic rings. The van der Waals surface area contributed by atoms with Crippen LogP contribution in [0.4, 0.5) is 4.39 Å². The lowest BCUT2D eigenvalue weighted by Crippen LogP contribution is -2.45. The van der Waals surface area contributed by atoms with Crippen LogP contribution in [0.5, 0.6) is 0 Å². The second-order valence-electron chi connectivity index (χ2n) is 5.30. The summed E-state index contributed by atoms with van der Waals surface area (Å²) in [5, 5.41) is 5.34. The standard InChI is InChI=1S/C15H21FN2O2/c1-9(2)8-17-14(19)11(4)18-15(20)12-5-6-13(16)10(3)7-12/h5-7,9,11H,8H2,1-4H3,(H,17,19)(H,18,20). The van der Waals surface area contributed by atoms with Crippen molar-refractivity contribution in [3.63, 3.8) is 0 Å². The third-order valence-electron chi connectivity index (χ3n) is 2.85. The SMILES string of the molecule is Cc1cc(C(=O)NC(C)C(=O)NCC(C)C)ccc1F. The fourth-order valence-corrected chi connectivity index (χ4v) is 1.59. The average Bonchev–Trinajstić information content (AvgIpc) is 2.38. The van der Waals surface area contributed by atoms with Gasteiger partial charge >= 0.3 is 0 Å². The van der Waals surface area contributed by atoms with Gasteiger partial charge in [-0.25, -0.2) is 4.39 Å². The summed E-state index contributed by atoms with van der Waals surface area (Å²) in [5.41, 5.74) is 0.738. The highest BCUT2D eigenvalue weighted by molar-refractivity contribution is 5.97. The molecule has 1 aromatic carbocycles. The number of hydrogen-bond donors (Lipinski definition) is 2. The lowest BCUT2D eigenvalue weighted by atomic mass is 10.1. The van der Waals surface area contributed by atoms with Gasteiger partial charge in [0.25, 0.3) is 5.91 Å². The Morgan fingerprint density at radius 2 is 1.90 bits per heavy atom. The molecular formula is C15H21FN2O2. The van der Waals surface area contributed by atoms with Crippen LogP contribution in [0.25, 0.3) is 0 Å². The number of halogens is 1. The van der Waals surface area contributed by atoms with E-state index in [0.29, 0.717) is 23.6 Å². The topological polar surface area (TPSA) is 58.2 Å². The van der Waals surface area contributed by atoms with Crippen LogP contribution in [-0.4, -0.2) is 24.4 Å². The maximum absolute atomic E-state index is 13.1. The van der Waals surface area contributed by atoms with Gasteiger partial charge in [0.1, 0.15) is 11.9 Å². The van der Waals surface area contributed by atoms with Gasteiger partial charge in [-0.05, 0) is 43.5 Å². The quantitative estimate of drug-likeness (QED) is 0.867. The largest absolute Gasteiger partial charge is 0.354 e. The first-order valence-corrected chi connectivity index (χ1v) is 6.66. The molecular weight excluding hydrogens is 259 g/mol. The molecule has 110 valence electrons. The molecule has 0 saturated heterocycles. The van der Waals surface area contributed by atoms with Crippen LogP contribution in [0.15, 0.2) is 18.2 Å². The minimum atomic E-state index is -0.633. The Labute approximate surface area is 118 Å². The molecule has 0 fully saturated rings. The van der Waals surface area contributed by atoms with E-state index in [-0.39, 0.29) is 17.6 Å². The minimum absolute atomic E-state index is 0.231. The van der Waals surface area contributed by atoms with Gasteiger partial charge in [0.05, 0.1) is 0 Å². The zero-order chi connectivity index (χ0) is 15.3. The fourth-order valence-electron chi connectivity index (χ4n) is 1.59. The Morgan fingerprint density at radius 3 is 2.45 bits per heavy atom. The summed E-state index contributed by atoms with van der Waals surface area (Å²) in [4.78, 5) is 23.7. The van der Waals surface area contributed by atoms with Gasteiger partial charge in [0, 0.05) is 12.1 Å². The van der Waals surface area contributed by atoms with E-state index in [1.807, 2.05) is 13.8 Å². The van der Waals surface area contributed by atoms with Crippen molar-refractivity contribution in [3.05, 3.63) is 35.1 Å². The van der Waals surface area contributed by atoms with Crippen molar-refractivity contribution in [3.8, 4) is 0 Å². The van der Waals surface area contributed by atoms with E-state index in [9.17, 15) is 14.0 Å². The van der Waals surface area contributed by atoms with Crippen molar-refractivity contribution in [1.82, 2.24) is 10.6 Å². The van der Waals surface area contributed by atoms with Gasteiger partial charge in [0.2, 0.25) is 5.91 Å². The molecule has 0 heterocycles. The van der Waals surface area contributed by atoms with Crippen molar-refractivity contribution >= 4 is 11.8 Å². The second kappa shape index (κ2) is 7.03. The molecule has 0 aliphatic carbocycles. The summed E-state index contributed by atoms with van der Waals surface area (Å²) < 4.78 is 13.1. The molecule has 0 saturated carbocycles. The minimum Gasteiger partial charge on any atom is -0.354 e. The summed E-state index contributed by atoms with van der Waals surface area (Å²) in [7, 11) is 0. The molecule has 1 atom stereocenters. The van der Waals surface area contributed by atoms with Crippen molar-refractivity contribution in [2.45, 2.75) is 33.7 Å². The van der Waals surface area contributed by atoms with Crippen LogP contribution in [-0.2, 0) is 4.79 Å². The first-order chi connectivity index (χ1) is 9.31. The van der Waals surface area contributed by atoms with Crippen LogP contribution in [0.3, 0.4) is 0 Å². The van der Waals surface area contributed by atoms with Crippen LogP contribution in [0, 0.1) is 18.7 Å². The fraction of sp³-hybridized carbons (Fsp3) is 0.467. The molecule has 1 aromatic rings. The van der Waals surface area contributed by atoms with Crippen molar-refractivity contribution < 1.29 is 14.0 Å². The summed E-state index contributed by atoms with van der Waals surface area (Å²) in [5.74, 6) is -0.628. The highest BCUT2D eigenvalue weighted by atomic mass is 19.1. The van der Waals surface area contributed by atoms with Gasteiger partial charge in [0.15, 0.2) is 0 Å². The highest BCUT2D eigenvalue weighted by Gasteiger charge is 2.17.